The van der Waals surface area contributed by atoms with Gasteiger partial charge in [0.15, 0.2) is 5.03 Å². The molecule has 7 nitrogen and oxygen atoms in total. The molecule has 0 aliphatic carbocycles. The Morgan fingerprint density at radius 3 is 2.61 bits per heavy atom. The molecule has 0 saturated carbocycles. The largest absolute Gasteiger partial charge is 0.384 e. The number of aromatic nitrogens is 2. The molecular weight excluding hydrogens is 340 g/mol. The van der Waals surface area contributed by atoms with Crippen LogP contribution in [0.1, 0.15) is 25.6 Å². The van der Waals surface area contributed by atoms with E-state index in [9.17, 15) is 8.42 Å². The van der Waals surface area contributed by atoms with E-state index in [0.717, 1.165) is 25.9 Å². The fourth-order valence-electron chi connectivity index (χ4n) is 2.89. The molecule has 2 rings (SSSR count). The van der Waals surface area contributed by atoms with Crippen molar-refractivity contribution < 1.29 is 13.2 Å². The number of hydrogen-bond donors (Lipinski definition) is 2. The summed E-state index contributed by atoms with van der Waals surface area (Å²) in [6.07, 6.45) is 3.38. The van der Waals surface area contributed by atoms with E-state index >= 15 is 0 Å². The van der Waals surface area contributed by atoms with Gasteiger partial charge < -0.3 is 14.6 Å². The molecule has 1 fully saturated rings. The Bertz CT molecular complexity index is 592. The number of imidazole rings is 1. The number of rotatable bonds is 7. The number of halogens is 1. The van der Waals surface area contributed by atoms with Gasteiger partial charge in [0.25, 0.3) is 10.0 Å². The van der Waals surface area contributed by atoms with Gasteiger partial charge in [-0.05, 0) is 39.8 Å². The van der Waals surface area contributed by atoms with Crippen LogP contribution in [-0.2, 0) is 21.3 Å². The van der Waals surface area contributed by atoms with E-state index in [-0.39, 0.29) is 22.8 Å². The van der Waals surface area contributed by atoms with Gasteiger partial charge in [-0.25, -0.2) is 18.1 Å². The van der Waals surface area contributed by atoms with Gasteiger partial charge in [-0.15, -0.1) is 12.4 Å². The first kappa shape index (κ1) is 20.4. The summed E-state index contributed by atoms with van der Waals surface area (Å²) in [5.41, 5.74) is -0.143. The summed E-state index contributed by atoms with van der Waals surface area (Å²) in [7, 11) is -1.93. The van der Waals surface area contributed by atoms with Crippen LogP contribution in [0.5, 0.6) is 0 Å². The second-order valence-electron chi connectivity index (χ2n) is 5.92. The Hall–Kier alpha value is -0.670. The predicted octanol–water partition coefficient (Wildman–Crippen LogP) is 0.928. The van der Waals surface area contributed by atoms with Crippen molar-refractivity contribution in [3.63, 3.8) is 0 Å². The minimum absolute atomic E-state index is 0. The molecule has 1 aromatic heterocycles. The zero-order chi connectivity index (χ0) is 16.2. The average molecular weight is 367 g/mol. The fraction of sp³-hybridized carbons (Fsp3) is 0.786. The van der Waals surface area contributed by atoms with Crippen LogP contribution in [0.15, 0.2) is 11.2 Å². The zero-order valence-corrected chi connectivity index (χ0v) is 15.6. The topological polar surface area (TPSA) is 85.2 Å². The normalized spacial score (nSPS) is 17.7. The number of aryl methyl sites for hydroxylation is 2. The molecule has 0 atom stereocenters. The number of ether oxygens (including phenoxy) is 1. The number of piperidine rings is 1. The second kappa shape index (κ2) is 8.43. The lowest BCUT2D eigenvalue weighted by atomic mass is 9.80. The van der Waals surface area contributed by atoms with E-state index in [2.05, 4.69) is 15.0 Å². The summed E-state index contributed by atoms with van der Waals surface area (Å²) in [4.78, 5) is 4.15. The fourth-order valence-corrected chi connectivity index (χ4v) is 4.05. The van der Waals surface area contributed by atoms with Gasteiger partial charge in [-0.3, -0.25) is 0 Å². The maximum Gasteiger partial charge on any atom is 0.259 e. The summed E-state index contributed by atoms with van der Waals surface area (Å²) >= 11 is 0. The molecule has 0 spiro atoms. The van der Waals surface area contributed by atoms with Gasteiger partial charge in [-0.1, -0.05) is 0 Å². The van der Waals surface area contributed by atoms with E-state index in [1.165, 1.54) is 0 Å². The SMILES string of the molecule is CCn1cc(S(=O)(=O)NCC2(COC)CCNCC2)nc1C.Cl. The van der Waals surface area contributed by atoms with Crippen molar-refractivity contribution in [3.8, 4) is 0 Å². The third kappa shape index (κ3) is 4.90. The Balaban J connectivity index is 0.00000264. The van der Waals surface area contributed by atoms with Crippen molar-refractivity contribution in [1.82, 2.24) is 19.6 Å². The summed E-state index contributed by atoms with van der Waals surface area (Å²) in [6.45, 7) is 7.17. The predicted molar refractivity (Wildman–Crippen MR) is 91.5 cm³/mol. The van der Waals surface area contributed by atoms with Crippen LogP contribution in [0.25, 0.3) is 0 Å². The van der Waals surface area contributed by atoms with Crippen LogP contribution in [0, 0.1) is 12.3 Å². The van der Waals surface area contributed by atoms with Crippen molar-refractivity contribution in [2.24, 2.45) is 5.41 Å². The summed E-state index contributed by atoms with van der Waals surface area (Å²) in [5, 5.41) is 3.39. The molecule has 1 saturated heterocycles. The molecule has 23 heavy (non-hydrogen) atoms. The van der Waals surface area contributed by atoms with Crippen LogP contribution in [0.2, 0.25) is 0 Å². The standard InChI is InChI=1S/C14H26N4O3S.ClH/c1-4-18-9-13(17-12(18)2)22(19,20)16-10-14(11-21-3)5-7-15-8-6-14;/h9,15-16H,4-8,10-11H2,1-3H3;1H. The molecule has 134 valence electrons. The average Bonchev–Trinajstić information content (AvgIpc) is 2.89. The Morgan fingerprint density at radius 2 is 2.09 bits per heavy atom. The highest BCUT2D eigenvalue weighted by Gasteiger charge is 2.34. The van der Waals surface area contributed by atoms with Crippen molar-refractivity contribution in [1.29, 1.82) is 0 Å². The van der Waals surface area contributed by atoms with E-state index in [0.29, 0.717) is 25.5 Å². The molecular formula is C14H27ClN4O3S. The van der Waals surface area contributed by atoms with Crippen molar-refractivity contribution >= 4 is 22.4 Å². The number of sulfonamides is 1. The Labute approximate surface area is 144 Å². The number of nitrogens with one attached hydrogen (secondary N) is 2. The van der Waals surface area contributed by atoms with Crippen LogP contribution in [0.4, 0.5) is 0 Å². The zero-order valence-electron chi connectivity index (χ0n) is 14.0. The van der Waals surface area contributed by atoms with Gasteiger partial charge in [0, 0.05) is 31.8 Å². The molecule has 1 aliphatic heterocycles. The molecule has 1 aliphatic rings. The molecule has 0 unspecified atom stereocenters. The smallest absolute Gasteiger partial charge is 0.259 e. The first-order valence-corrected chi connectivity index (χ1v) is 9.14. The number of methoxy groups -OCH3 is 1. The molecule has 9 heteroatoms. The maximum atomic E-state index is 12.5. The Morgan fingerprint density at radius 1 is 1.43 bits per heavy atom. The molecule has 0 bridgehead atoms. The van der Waals surface area contributed by atoms with E-state index in [1.54, 1.807) is 13.3 Å². The number of nitrogens with zero attached hydrogens (tertiary/aromatic N) is 2. The van der Waals surface area contributed by atoms with Gasteiger partial charge in [0.2, 0.25) is 0 Å². The molecule has 0 amide bonds. The van der Waals surface area contributed by atoms with Gasteiger partial charge in [0.1, 0.15) is 5.82 Å². The quantitative estimate of drug-likeness (QED) is 0.749. The molecule has 2 heterocycles. The first-order valence-electron chi connectivity index (χ1n) is 7.65. The first-order chi connectivity index (χ1) is 10.4. The Kier molecular flexibility index (Phi) is 7.47. The summed E-state index contributed by atoms with van der Waals surface area (Å²) in [6, 6.07) is 0. The molecule has 1 aromatic rings. The van der Waals surface area contributed by atoms with Crippen molar-refractivity contribution in [2.45, 2.75) is 38.3 Å². The summed E-state index contributed by atoms with van der Waals surface area (Å²) in [5.74, 6) is 0.705. The molecule has 2 N–H and O–H groups in total. The third-order valence-corrected chi connectivity index (χ3v) is 5.59. The van der Waals surface area contributed by atoms with Crippen molar-refractivity contribution in [2.75, 3.05) is 33.4 Å². The van der Waals surface area contributed by atoms with E-state index < -0.39 is 10.0 Å². The van der Waals surface area contributed by atoms with Gasteiger partial charge in [0.05, 0.1) is 6.61 Å². The monoisotopic (exact) mass is 366 g/mol. The molecule has 0 radical (unpaired) electrons. The minimum atomic E-state index is -3.59. The number of hydrogen-bond acceptors (Lipinski definition) is 5. The lowest BCUT2D eigenvalue weighted by molar-refractivity contribution is 0.0577. The van der Waals surface area contributed by atoms with E-state index in [4.69, 9.17) is 4.74 Å². The van der Waals surface area contributed by atoms with Crippen LogP contribution in [0.3, 0.4) is 0 Å². The van der Waals surface area contributed by atoms with Crippen molar-refractivity contribution in [3.05, 3.63) is 12.0 Å². The maximum absolute atomic E-state index is 12.5. The highest BCUT2D eigenvalue weighted by Crippen LogP contribution is 2.28. The second-order valence-corrected chi connectivity index (χ2v) is 7.63. The highest BCUT2D eigenvalue weighted by atomic mass is 35.5. The minimum Gasteiger partial charge on any atom is -0.384 e. The summed E-state index contributed by atoms with van der Waals surface area (Å²) < 4.78 is 34.8. The van der Waals surface area contributed by atoms with Crippen LogP contribution < -0.4 is 10.0 Å². The van der Waals surface area contributed by atoms with Crippen LogP contribution in [-0.4, -0.2) is 51.3 Å². The van der Waals surface area contributed by atoms with Gasteiger partial charge in [-0.2, -0.15) is 0 Å². The highest BCUT2D eigenvalue weighted by molar-refractivity contribution is 7.89. The lowest BCUT2D eigenvalue weighted by Crippen LogP contribution is -2.47. The van der Waals surface area contributed by atoms with Crippen LogP contribution >= 0.6 is 12.4 Å². The third-order valence-electron chi connectivity index (χ3n) is 4.32. The lowest BCUT2D eigenvalue weighted by Gasteiger charge is -2.37. The van der Waals surface area contributed by atoms with Gasteiger partial charge >= 0.3 is 0 Å². The van der Waals surface area contributed by atoms with E-state index in [1.807, 2.05) is 18.4 Å². The molecule has 0 aromatic carbocycles.